The Morgan fingerprint density at radius 2 is 1.74 bits per heavy atom. The Labute approximate surface area is 135 Å². The molecule has 3 saturated heterocycles. The minimum absolute atomic E-state index is 0.146. The molecular weight excluding hydrogens is 330 g/mol. The molecule has 3 aliphatic rings. The zero-order valence-corrected chi connectivity index (χ0v) is 14.3. The van der Waals surface area contributed by atoms with Gasteiger partial charge < -0.3 is 28.8 Å². The number of hydrogen-bond acceptors (Lipinski definition) is 8. The fourth-order valence-corrected chi connectivity index (χ4v) is 4.33. The maximum absolute atomic E-state index is 11.6. The average Bonchev–Trinajstić information content (AvgIpc) is 2.89. The van der Waals surface area contributed by atoms with Gasteiger partial charge in [-0.25, -0.2) is 13.6 Å². The molecule has 3 heterocycles. The molecule has 0 aromatic rings. The molecule has 0 aromatic heterocycles. The summed E-state index contributed by atoms with van der Waals surface area (Å²) in [5.41, 5.74) is -1.90. The van der Waals surface area contributed by atoms with E-state index in [1.807, 2.05) is 0 Å². The van der Waals surface area contributed by atoms with Gasteiger partial charge >= 0.3 is 0 Å². The van der Waals surface area contributed by atoms with Gasteiger partial charge in [-0.2, -0.15) is 0 Å². The zero-order chi connectivity index (χ0) is 17.3. The van der Waals surface area contributed by atoms with Gasteiger partial charge in [0.2, 0.25) is 10.0 Å². The molecule has 23 heavy (non-hydrogen) atoms. The van der Waals surface area contributed by atoms with Gasteiger partial charge in [-0.3, -0.25) is 0 Å². The number of aliphatic hydroxyl groups is 1. The molecule has 10 heteroatoms. The summed E-state index contributed by atoms with van der Waals surface area (Å²) in [4.78, 5) is 0. The van der Waals surface area contributed by atoms with Crippen LogP contribution in [0.2, 0.25) is 0 Å². The third-order valence-corrected chi connectivity index (χ3v) is 4.99. The zero-order valence-electron chi connectivity index (χ0n) is 13.5. The second-order valence-corrected chi connectivity index (χ2v) is 8.76. The molecule has 3 fully saturated rings. The smallest absolute Gasteiger partial charge is 0.212 e. The Balaban J connectivity index is 1.91. The third kappa shape index (κ3) is 3.27. The molecule has 3 aliphatic heterocycles. The van der Waals surface area contributed by atoms with Crippen LogP contribution in [0.25, 0.3) is 0 Å². The molecule has 3 N–H and O–H groups in total. The van der Waals surface area contributed by atoms with Crippen molar-refractivity contribution in [3.8, 4) is 0 Å². The highest BCUT2D eigenvalue weighted by Crippen LogP contribution is 2.46. The summed E-state index contributed by atoms with van der Waals surface area (Å²) >= 11 is 0. The Bertz CT molecular complexity index is 591. The lowest BCUT2D eigenvalue weighted by molar-refractivity contribution is -0.244. The van der Waals surface area contributed by atoms with Gasteiger partial charge in [-0.05, 0) is 27.7 Å². The topological polar surface area (TPSA) is 127 Å². The standard InChI is InChI=1S/C13H23NO8S/c1-11(2)18-5-7(20-11)8-13(15,6-23(14,16)17)9-10(19-8)22-12(3,4)21-9/h7-10,15H,5-6H2,1-4H3,(H2,14,16,17)/t7-,8-,9+,10-,13-/m1/s1. The van der Waals surface area contributed by atoms with E-state index in [1.165, 1.54) is 0 Å². The van der Waals surface area contributed by atoms with Crippen molar-refractivity contribution in [3.63, 3.8) is 0 Å². The van der Waals surface area contributed by atoms with Crippen LogP contribution >= 0.6 is 0 Å². The van der Waals surface area contributed by atoms with Crippen molar-refractivity contribution in [2.75, 3.05) is 12.4 Å². The highest BCUT2D eigenvalue weighted by atomic mass is 32.2. The van der Waals surface area contributed by atoms with E-state index in [9.17, 15) is 13.5 Å². The molecule has 0 unspecified atom stereocenters. The number of primary sulfonamides is 1. The van der Waals surface area contributed by atoms with Crippen molar-refractivity contribution >= 4 is 10.0 Å². The van der Waals surface area contributed by atoms with Gasteiger partial charge in [0.1, 0.15) is 23.9 Å². The van der Waals surface area contributed by atoms with E-state index in [4.69, 9.17) is 28.8 Å². The van der Waals surface area contributed by atoms with Gasteiger partial charge in [-0.15, -0.1) is 0 Å². The number of fused-ring (bicyclic) bond motifs is 1. The van der Waals surface area contributed by atoms with Crippen molar-refractivity contribution in [1.29, 1.82) is 0 Å². The first-order chi connectivity index (χ1) is 10.3. The molecule has 0 bridgehead atoms. The predicted molar refractivity (Wildman–Crippen MR) is 76.5 cm³/mol. The SMILES string of the molecule is CC1(C)OC[C@H]([C@H]2O[C@@H]3OC(C)(C)O[C@@H]3[C@@]2(O)CS(N)(=O)=O)O1. The van der Waals surface area contributed by atoms with Crippen LogP contribution in [0, 0.1) is 0 Å². The maximum atomic E-state index is 11.6. The Morgan fingerprint density at radius 1 is 1.09 bits per heavy atom. The molecule has 0 aromatic carbocycles. The normalized spacial score (nSPS) is 45.3. The second-order valence-electron chi connectivity index (χ2n) is 7.15. The number of sulfonamides is 1. The second kappa shape index (κ2) is 5.09. The Morgan fingerprint density at radius 3 is 2.26 bits per heavy atom. The third-order valence-electron chi connectivity index (χ3n) is 4.12. The van der Waals surface area contributed by atoms with Crippen LogP contribution in [0.5, 0.6) is 0 Å². The van der Waals surface area contributed by atoms with E-state index in [0.29, 0.717) is 0 Å². The summed E-state index contributed by atoms with van der Waals surface area (Å²) in [6, 6.07) is 0. The quantitative estimate of drug-likeness (QED) is 0.664. The molecular formula is C13H23NO8S. The van der Waals surface area contributed by atoms with Gasteiger partial charge in [0.25, 0.3) is 0 Å². The Kier molecular flexibility index (Phi) is 3.87. The summed E-state index contributed by atoms with van der Waals surface area (Å²) in [7, 11) is -4.00. The lowest BCUT2D eigenvalue weighted by atomic mass is 9.91. The number of ether oxygens (including phenoxy) is 5. The first kappa shape index (κ1) is 17.5. The van der Waals surface area contributed by atoms with Crippen molar-refractivity contribution < 1.29 is 37.2 Å². The monoisotopic (exact) mass is 353 g/mol. The molecule has 134 valence electrons. The van der Waals surface area contributed by atoms with Gasteiger partial charge in [0, 0.05) is 0 Å². The lowest BCUT2D eigenvalue weighted by Gasteiger charge is -2.35. The first-order valence-electron chi connectivity index (χ1n) is 7.37. The van der Waals surface area contributed by atoms with E-state index in [2.05, 4.69) is 0 Å². The first-order valence-corrected chi connectivity index (χ1v) is 9.09. The Hall–Kier alpha value is -0.330. The van der Waals surface area contributed by atoms with Crippen molar-refractivity contribution in [2.45, 2.75) is 69.5 Å². The fourth-order valence-electron chi connectivity index (χ4n) is 3.35. The van der Waals surface area contributed by atoms with Crippen LogP contribution in [0.4, 0.5) is 0 Å². The lowest BCUT2D eigenvalue weighted by Crippen LogP contribution is -2.58. The van der Waals surface area contributed by atoms with E-state index >= 15 is 0 Å². The van der Waals surface area contributed by atoms with Crippen LogP contribution in [0.1, 0.15) is 27.7 Å². The minimum Gasteiger partial charge on any atom is -0.383 e. The van der Waals surface area contributed by atoms with E-state index in [-0.39, 0.29) is 6.61 Å². The van der Waals surface area contributed by atoms with Crippen LogP contribution in [-0.2, 0) is 33.7 Å². The molecule has 0 saturated carbocycles. The van der Waals surface area contributed by atoms with E-state index < -0.39 is 57.6 Å². The van der Waals surface area contributed by atoms with Gasteiger partial charge in [0.05, 0.1) is 12.4 Å². The summed E-state index contributed by atoms with van der Waals surface area (Å²) in [5.74, 6) is -2.58. The largest absolute Gasteiger partial charge is 0.383 e. The summed E-state index contributed by atoms with van der Waals surface area (Å²) in [5, 5.41) is 16.2. The molecule has 0 aliphatic carbocycles. The van der Waals surface area contributed by atoms with Gasteiger partial charge in [-0.1, -0.05) is 0 Å². The fraction of sp³-hybridized carbons (Fsp3) is 1.00. The summed E-state index contributed by atoms with van der Waals surface area (Å²) in [6.07, 6.45) is -3.58. The maximum Gasteiger partial charge on any atom is 0.212 e. The number of rotatable bonds is 3. The molecule has 3 rings (SSSR count). The van der Waals surface area contributed by atoms with Crippen LogP contribution in [-0.4, -0.2) is 67.7 Å². The average molecular weight is 353 g/mol. The van der Waals surface area contributed by atoms with Crippen LogP contribution < -0.4 is 5.14 Å². The predicted octanol–water partition coefficient (Wildman–Crippen LogP) is -0.966. The molecule has 0 spiro atoms. The molecule has 0 radical (unpaired) electrons. The van der Waals surface area contributed by atoms with Crippen LogP contribution in [0.3, 0.4) is 0 Å². The summed E-state index contributed by atoms with van der Waals surface area (Å²) < 4.78 is 51.4. The van der Waals surface area contributed by atoms with Crippen LogP contribution in [0.15, 0.2) is 0 Å². The highest BCUT2D eigenvalue weighted by Gasteiger charge is 2.67. The van der Waals surface area contributed by atoms with Crippen molar-refractivity contribution in [1.82, 2.24) is 0 Å². The summed E-state index contributed by atoms with van der Waals surface area (Å²) in [6.45, 7) is 6.89. The minimum atomic E-state index is -4.00. The van der Waals surface area contributed by atoms with E-state index in [1.54, 1.807) is 27.7 Å². The number of hydrogen-bond donors (Lipinski definition) is 2. The molecule has 9 nitrogen and oxygen atoms in total. The number of nitrogens with two attached hydrogens (primary N) is 1. The van der Waals surface area contributed by atoms with Crippen molar-refractivity contribution in [2.24, 2.45) is 5.14 Å². The van der Waals surface area contributed by atoms with E-state index in [0.717, 1.165) is 0 Å². The van der Waals surface area contributed by atoms with Crippen molar-refractivity contribution in [3.05, 3.63) is 0 Å². The van der Waals surface area contributed by atoms with Gasteiger partial charge in [0.15, 0.2) is 17.9 Å². The highest BCUT2D eigenvalue weighted by molar-refractivity contribution is 7.89. The molecule has 0 amide bonds. The molecule has 5 atom stereocenters.